The Morgan fingerprint density at radius 2 is 2.26 bits per heavy atom. The first-order valence-corrected chi connectivity index (χ1v) is 9.02. The topological polar surface area (TPSA) is 73.2 Å². The fourth-order valence-electron chi connectivity index (χ4n) is 3.16. The smallest absolute Gasteiger partial charge is 0.202 e. The van der Waals surface area contributed by atoms with Gasteiger partial charge in [0.2, 0.25) is 9.84 Å². The number of nitrogens with zero attached hydrogens (tertiary/aromatic N) is 2. The summed E-state index contributed by atoms with van der Waals surface area (Å²) in [5, 5.41) is 13.1. The molecule has 7 heteroatoms. The van der Waals surface area contributed by atoms with E-state index in [1.165, 1.54) is 0 Å². The van der Waals surface area contributed by atoms with Crippen molar-refractivity contribution in [2.75, 3.05) is 25.5 Å². The van der Waals surface area contributed by atoms with E-state index in [0.717, 1.165) is 12.0 Å². The molecule has 0 aromatic heterocycles. The Morgan fingerprint density at radius 3 is 2.96 bits per heavy atom. The molecular formula is C16H18FN3O2S. The molecule has 5 nitrogen and oxygen atoms in total. The zero-order valence-electron chi connectivity index (χ0n) is 12.8. The molecule has 2 atom stereocenters. The van der Waals surface area contributed by atoms with E-state index in [1.807, 2.05) is 18.0 Å². The molecule has 23 heavy (non-hydrogen) atoms. The van der Waals surface area contributed by atoms with Crippen molar-refractivity contribution in [2.45, 2.75) is 30.0 Å². The van der Waals surface area contributed by atoms with Crippen LogP contribution in [0.1, 0.15) is 18.4 Å². The normalized spacial score (nSPS) is 26.2. The van der Waals surface area contributed by atoms with Crippen molar-refractivity contribution < 1.29 is 12.8 Å². The summed E-state index contributed by atoms with van der Waals surface area (Å²) in [5.74, 6) is 0. The van der Waals surface area contributed by atoms with Crippen molar-refractivity contribution in [3.8, 4) is 6.07 Å². The monoisotopic (exact) mass is 335 g/mol. The van der Waals surface area contributed by atoms with E-state index in [9.17, 15) is 12.8 Å². The van der Waals surface area contributed by atoms with Crippen molar-refractivity contribution in [3.05, 3.63) is 29.2 Å². The summed E-state index contributed by atoms with van der Waals surface area (Å²) >= 11 is 0. The molecule has 1 N–H and O–H groups in total. The summed E-state index contributed by atoms with van der Waals surface area (Å²) in [4.78, 5) is 2.08. The Bertz CT molecular complexity index is 798. The Hall–Kier alpha value is -1.91. The van der Waals surface area contributed by atoms with Crippen LogP contribution in [0, 0.1) is 11.3 Å². The second-order valence-electron chi connectivity index (χ2n) is 6.02. The largest absolute Gasteiger partial charge is 0.378 e. The number of hydrogen-bond donors (Lipinski definition) is 1. The van der Waals surface area contributed by atoms with Crippen LogP contribution >= 0.6 is 0 Å². The van der Waals surface area contributed by atoms with Gasteiger partial charge >= 0.3 is 0 Å². The van der Waals surface area contributed by atoms with E-state index >= 15 is 0 Å². The quantitative estimate of drug-likeness (QED) is 0.916. The fourth-order valence-corrected chi connectivity index (χ4v) is 4.80. The molecule has 1 fully saturated rings. The molecular weight excluding hydrogens is 317 g/mol. The number of nitrogens with one attached hydrogen (secondary N) is 1. The van der Waals surface area contributed by atoms with Crippen molar-refractivity contribution >= 4 is 21.1 Å². The lowest BCUT2D eigenvalue weighted by atomic mass is 10.0. The molecule has 0 bridgehead atoms. The molecule has 0 amide bonds. The molecule has 2 aliphatic rings. The SMILES string of the molecule is CN1CC[C@H](Nc2cccc3c2S(=O)(=O)C=C3CC#N)[C@H](F)C1. The summed E-state index contributed by atoms with van der Waals surface area (Å²) in [7, 11) is -1.73. The Labute approximate surface area is 135 Å². The predicted octanol–water partition coefficient (Wildman–Crippen LogP) is 2.18. The molecule has 1 saturated heterocycles. The molecule has 0 spiro atoms. The molecule has 122 valence electrons. The van der Waals surface area contributed by atoms with Crippen LogP contribution in [-0.4, -0.2) is 45.7 Å². The number of allylic oxidation sites excluding steroid dienone is 1. The van der Waals surface area contributed by atoms with Gasteiger partial charge in [-0.05, 0) is 25.1 Å². The lowest BCUT2D eigenvalue weighted by Crippen LogP contribution is -2.46. The summed E-state index contributed by atoms with van der Waals surface area (Å²) in [6, 6.07) is 6.65. The summed E-state index contributed by atoms with van der Waals surface area (Å²) < 4.78 is 39.0. The average molecular weight is 335 g/mol. The first kappa shape index (κ1) is 16.0. The Kier molecular flexibility index (Phi) is 4.13. The minimum atomic E-state index is -3.60. The van der Waals surface area contributed by atoms with E-state index < -0.39 is 22.1 Å². The number of anilines is 1. The lowest BCUT2D eigenvalue weighted by Gasteiger charge is -2.33. The van der Waals surface area contributed by atoms with E-state index in [2.05, 4.69) is 5.32 Å². The van der Waals surface area contributed by atoms with Crippen molar-refractivity contribution in [2.24, 2.45) is 0 Å². The maximum atomic E-state index is 14.2. The maximum absolute atomic E-state index is 14.2. The summed E-state index contributed by atoms with van der Waals surface area (Å²) in [6.45, 7) is 1.09. The first-order valence-electron chi connectivity index (χ1n) is 7.47. The van der Waals surface area contributed by atoms with Crippen LogP contribution in [0.5, 0.6) is 0 Å². The van der Waals surface area contributed by atoms with Gasteiger partial charge in [0.1, 0.15) is 11.1 Å². The van der Waals surface area contributed by atoms with Crippen molar-refractivity contribution in [1.29, 1.82) is 5.26 Å². The van der Waals surface area contributed by atoms with Crippen LogP contribution in [-0.2, 0) is 9.84 Å². The van der Waals surface area contributed by atoms with Crippen LogP contribution in [0.2, 0.25) is 0 Å². The molecule has 0 unspecified atom stereocenters. The number of nitriles is 1. The fraction of sp³-hybridized carbons (Fsp3) is 0.438. The predicted molar refractivity (Wildman–Crippen MR) is 86.3 cm³/mol. The van der Waals surface area contributed by atoms with Gasteiger partial charge in [-0.25, -0.2) is 12.8 Å². The van der Waals surface area contributed by atoms with Crippen LogP contribution < -0.4 is 5.32 Å². The van der Waals surface area contributed by atoms with Crippen LogP contribution in [0.4, 0.5) is 10.1 Å². The van der Waals surface area contributed by atoms with Gasteiger partial charge in [0.15, 0.2) is 0 Å². The number of benzene rings is 1. The minimum absolute atomic E-state index is 0.0373. The summed E-state index contributed by atoms with van der Waals surface area (Å²) in [5.41, 5.74) is 1.45. The van der Waals surface area contributed by atoms with Crippen molar-refractivity contribution in [3.63, 3.8) is 0 Å². The van der Waals surface area contributed by atoms with Crippen molar-refractivity contribution in [1.82, 2.24) is 4.90 Å². The molecule has 1 aromatic rings. The molecule has 2 aliphatic heterocycles. The molecule has 1 aromatic carbocycles. The number of alkyl halides is 1. The van der Waals surface area contributed by atoms with Gasteiger partial charge in [-0.3, -0.25) is 0 Å². The highest BCUT2D eigenvalue weighted by atomic mass is 32.2. The van der Waals surface area contributed by atoms with E-state index in [0.29, 0.717) is 29.8 Å². The zero-order valence-corrected chi connectivity index (χ0v) is 13.6. The van der Waals surface area contributed by atoms with Crippen LogP contribution in [0.3, 0.4) is 0 Å². The highest BCUT2D eigenvalue weighted by Gasteiger charge is 2.33. The number of hydrogen-bond acceptors (Lipinski definition) is 5. The zero-order chi connectivity index (χ0) is 16.6. The molecule has 0 radical (unpaired) electrons. The third-order valence-electron chi connectivity index (χ3n) is 4.30. The standard InChI is InChI=1S/C16H18FN3O2S/c1-20-8-6-14(13(17)9-20)19-15-4-2-3-12-11(5-7-18)10-23(21,22)16(12)15/h2-4,10,13-14,19H,5-6,8-9H2,1H3/t13-,14+/m1/s1. The van der Waals surface area contributed by atoms with Gasteiger partial charge in [0, 0.05) is 24.1 Å². The van der Waals surface area contributed by atoms with Crippen LogP contribution in [0.15, 0.2) is 28.5 Å². The average Bonchev–Trinajstić information content (AvgIpc) is 2.75. The van der Waals surface area contributed by atoms with Gasteiger partial charge in [-0.15, -0.1) is 0 Å². The molecule has 3 rings (SSSR count). The molecule has 2 heterocycles. The van der Waals surface area contributed by atoms with E-state index in [-0.39, 0.29) is 11.3 Å². The lowest BCUT2D eigenvalue weighted by molar-refractivity contribution is 0.149. The second kappa shape index (κ2) is 5.95. The third-order valence-corrected chi connectivity index (χ3v) is 5.90. The third kappa shape index (κ3) is 2.96. The van der Waals surface area contributed by atoms with Gasteiger partial charge in [-0.2, -0.15) is 5.26 Å². The number of piperidine rings is 1. The van der Waals surface area contributed by atoms with Gasteiger partial charge in [0.25, 0.3) is 0 Å². The molecule has 0 aliphatic carbocycles. The van der Waals surface area contributed by atoms with E-state index in [1.54, 1.807) is 18.2 Å². The van der Waals surface area contributed by atoms with E-state index in [4.69, 9.17) is 5.26 Å². The molecule has 0 saturated carbocycles. The van der Waals surface area contributed by atoms with Gasteiger partial charge in [-0.1, -0.05) is 12.1 Å². The highest BCUT2D eigenvalue weighted by molar-refractivity contribution is 7.95. The Balaban J connectivity index is 1.94. The second-order valence-corrected chi connectivity index (χ2v) is 7.76. The van der Waals surface area contributed by atoms with Gasteiger partial charge in [0.05, 0.1) is 24.2 Å². The maximum Gasteiger partial charge on any atom is 0.202 e. The minimum Gasteiger partial charge on any atom is -0.378 e. The number of rotatable bonds is 3. The number of sulfone groups is 1. The van der Waals surface area contributed by atoms with Gasteiger partial charge < -0.3 is 10.2 Å². The number of fused-ring (bicyclic) bond motifs is 1. The number of likely N-dealkylation sites (tertiary alicyclic amines) is 1. The Morgan fingerprint density at radius 1 is 1.48 bits per heavy atom. The number of halogens is 1. The summed E-state index contributed by atoms with van der Waals surface area (Å²) in [6.07, 6.45) is -0.407. The highest BCUT2D eigenvalue weighted by Crippen LogP contribution is 2.40. The van der Waals surface area contributed by atoms with Crippen LogP contribution in [0.25, 0.3) is 5.57 Å². The first-order chi connectivity index (χ1) is 10.9.